The van der Waals surface area contributed by atoms with E-state index < -0.39 is 0 Å². The van der Waals surface area contributed by atoms with Crippen molar-refractivity contribution in [2.75, 3.05) is 0 Å². The quantitative estimate of drug-likeness (QED) is 0.610. The van der Waals surface area contributed by atoms with Gasteiger partial charge in [-0.1, -0.05) is 12.1 Å². The van der Waals surface area contributed by atoms with Gasteiger partial charge in [-0.3, -0.25) is 9.59 Å². The average Bonchev–Trinajstić information content (AvgIpc) is 3.06. The number of amides is 1. The van der Waals surface area contributed by atoms with E-state index in [2.05, 4.69) is 15.3 Å². The Hall–Kier alpha value is -3.48. The molecular weight excluding hydrogens is 332 g/mol. The summed E-state index contributed by atoms with van der Waals surface area (Å²) in [6, 6.07) is 12.3. The molecule has 0 spiro atoms. The number of fused-ring (bicyclic) bond motifs is 2. The topological polar surface area (TPSA) is 90.0 Å². The maximum absolute atomic E-state index is 12.4. The fraction of sp³-hybridized carbons (Fsp3) is 0.158. The van der Waals surface area contributed by atoms with Crippen LogP contribution in [0.5, 0.6) is 0 Å². The Balaban J connectivity index is 1.53. The minimum absolute atomic E-state index is 0.0475. The number of para-hydroxylation sites is 1. The predicted octanol–water partition coefficient (Wildman–Crippen LogP) is 2.16. The molecule has 0 bridgehead atoms. The Morgan fingerprint density at radius 2 is 2.08 bits per heavy atom. The van der Waals surface area contributed by atoms with Gasteiger partial charge in [-0.05, 0) is 31.2 Å². The number of rotatable bonds is 4. The fourth-order valence-corrected chi connectivity index (χ4v) is 2.93. The first-order valence-corrected chi connectivity index (χ1v) is 8.18. The second-order valence-electron chi connectivity index (χ2n) is 5.96. The molecule has 0 saturated heterocycles. The third-order valence-corrected chi connectivity index (χ3v) is 4.17. The number of pyridine rings is 2. The smallest absolute Gasteiger partial charge is 0.240 e. The van der Waals surface area contributed by atoms with Gasteiger partial charge in [0.05, 0.1) is 12.1 Å². The molecule has 26 heavy (non-hydrogen) atoms. The van der Waals surface area contributed by atoms with Gasteiger partial charge in [-0.15, -0.1) is 0 Å². The van der Waals surface area contributed by atoms with Crippen LogP contribution < -0.4 is 10.7 Å². The summed E-state index contributed by atoms with van der Waals surface area (Å²) in [7, 11) is 0. The van der Waals surface area contributed by atoms with E-state index in [-0.39, 0.29) is 24.4 Å². The van der Waals surface area contributed by atoms with Crippen molar-refractivity contribution in [3.05, 3.63) is 70.5 Å². The van der Waals surface area contributed by atoms with Gasteiger partial charge in [0.2, 0.25) is 11.8 Å². The third-order valence-electron chi connectivity index (χ3n) is 4.17. The highest BCUT2D eigenvalue weighted by Gasteiger charge is 2.11. The summed E-state index contributed by atoms with van der Waals surface area (Å²) in [5.74, 6) is 0.200. The zero-order chi connectivity index (χ0) is 18.1. The summed E-state index contributed by atoms with van der Waals surface area (Å²) >= 11 is 0. The number of aryl methyl sites for hydroxylation is 1. The molecule has 7 heteroatoms. The zero-order valence-corrected chi connectivity index (χ0v) is 14.1. The van der Waals surface area contributed by atoms with Crippen LogP contribution in [0, 0.1) is 6.92 Å². The second-order valence-corrected chi connectivity index (χ2v) is 5.96. The van der Waals surface area contributed by atoms with E-state index in [0.29, 0.717) is 22.5 Å². The van der Waals surface area contributed by atoms with Gasteiger partial charge < -0.3 is 14.3 Å². The molecule has 0 aliphatic rings. The molecule has 0 aliphatic heterocycles. The molecule has 7 nitrogen and oxygen atoms in total. The number of aromatic nitrogens is 3. The summed E-state index contributed by atoms with van der Waals surface area (Å²) in [6.45, 7) is 2.09. The van der Waals surface area contributed by atoms with Crippen molar-refractivity contribution < 1.29 is 9.21 Å². The normalized spacial score (nSPS) is 11.1. The average molecular weight is 348 g/mol. The summed E-state index contributed by atoms with van der Waals surface area (Å²) in [4.78, 5) is 32.8. The van der Waals surface area contributed by atoms with Crippen LogP contribution in [0.15, 0.2) is 57.9 Å². The zero-order valence-electron chi connectivity index (χ0n) is 14.1. The van der Waals surface area contributed by atoms with Crippen molar-refractivity contribution in [2.45, 2.75) is 20.0 Å². The van der Waals surface area contributed by atoms with Crippen molar-refractivity contribution in [2.24, 2.45) is 0 Å². The van der Waals surface area contributed by atoms with E-state index in [1.807, 2.05) is 29.7 Å². The molecule has 0 saturated carbocycles. The van der Waals surface area contributed by atoms with Crippen LogP contribution in [0.2, 0.25) is 0 Å². The lowest BCUT2D eigenvalue weighted by molar-refractivity contribution is -0.121. The first-order chi connectivity index (χ1) is 12.6. The number of oxazole rings is 1. The van der Waals surface area contributed by atoms with Crippen LogP contribution in [0.1, 0.15) is 11.6 Å². The molecule has 3 heterocycles. The van der Waals surface area contributed by atoms with Crippen LogP contribution in [-0.2, 0) is 17.9 Å². The third kappa shape index (κ3) is 2.95. The van der Waals surface area contributed by atoms with Crippen LogP contribution in [0.4, 0.5) is 0 Å². The molecule has 1 aromatic carbocycles. The molecule has 0 aliphatic carbocycles. The SMILES string of the molecule is Cc1cc(=O)c2ccccc2n1CC(=O)NCc1nc2ncccc2o1. The predicted molar refractivity (Wildman–Crippen MR) is 96.6 cm³/mol. The van der Waals surface area contributed by atoms with Gasteiger partial charge in [0.1, 0.15) is 6.54 Å². The largest absolute Gasteiger partial charge is 0.437 e. The number of nitrogens with zero attached hydrogens (tertiary/aromatic N) is 3. The lowest BCUT2D eigenvalue weighted by atomic mass is 10.2. The molecule has 3 aromatic heterocycles. The summed E-state index contributed by atoms with van der Waals surface area (Å²) < 4.78 is 7.36. The minimum Gasteiger partial charge on any atom is -0.437 e. The Kier molecular flexibility index (Phi) is 3.96. The first kappa shape index (κ1) is 16.0. The van der Waals surface area contributed by atoms with E-state index in [4.69, 9.17) is 4.42 Å². The van der Waals surface area contributed by atoms with Crippen molar-refractivity contribution in [3.8, 4) is 0 Å². The minimum atomic E-state index is -0.197. The molecule has 0 fully saturated rings. The van der Waals surface area contributed by atoms with E-state index in [9.17, 15) is 9.59 Å². The Bertz CT molecular complexity index is 1140. The van der Waals surface area contributed by atoms with Gasteiger partial charge in [0, 0.05) is 23.3 Å². The van der Waals surface area contributed by atoms with E-state index >= 15 is 0 Å². The molecule has 0 atom stereocenters. The number of hydrogen-bond acceptors (Lipinski definition) is 5. The van der Waals surface area contributed by atoms with Crippen LogP contribution >= 0.6 is 0 Å². The lowest BCUT2D eigenvalue weighted by Crippen LogP contribution is -2.28. The van der Waals surface area contributed by atoms with Crippen molar-refractivity contribution in [3.63, 3.8) is 0 Å². The van der Waals surface area contributed by atoms with Crippen molar-refractivity contribution >= 4 is 28.0 Å². The summed E-state index contributed by atoms with van der Waals surface area (Å²) in [5.41, 5.74) is 2.51. The Labute approximate surface area is 148 Å². The maximum atomic E-state index is 12.4. The van der Waals surface area contributed by atoms with E-state index in [1.54, 1.807) is 30.5 Å². The van der Waals surface area contributed by atoms with Crippen LogP contribution in [0.3, 0.4) is 0 Å². The first-order valence-electron chi connectivity index (χ1n) is 8.18. The second kappa shape index (κ2) is 6.44. The van der Waals surface area contributed by atoms with E-state index in [0.717, 1.165) is 11.2 Å². The Morgan fingerprint density at radius 3 is 2.92 bits per heavy atom. The summed E-state index contributed by atoms with van der Waals surface area (Å²) in [6.07, 6.45) is 1.64. The monoisotopic (exact) mass is 348 g/mol. The highest BCUT2D eigenvalue weighted by atomic mass is 16.3. The lowest BCUT2D eigenvalue weighted by Gasteiger charge is -2.14. The van der Waals surface area contributed by atoms with Gasteiger partial charge in [0.25, 0.3) is 0 Å². The van der Waals surface area contributed by atoms with E-state index in [1.165, 1.54) is 0 Å². The molecule has 130 valence electrons. The van der Waals surface area contributed by atoms with Crippen LogP contribution in [-0.4, -0.2) is 20.4 Å². The van der Waals surface area contributed by atoms with Crippen molar-refractivity contribution in [1.29, 1.82) is 0 Å². The van der Waals surface area contributed by atoms with Gasteiger partial charge in [-0.2, -0.15) is 4.98 Å². The number of carbonyl (C=O) groups excluding carboxylic acids is 1. The Morgan fingerprint density at radius 1 is 1.23 bits per heavy atom. The molecular formula is C19H16N4O3. The van der Waals surface area contributed by atoms with Gasteiger partial charge >= 0.3 is 0 Å². The molecule has 1 N–H and O–H groups in total. The highest BCUT2D eigenvalue weighted by Crippen LogP contribution is 2.13. The molecule has 1 amide bonds. The molecule has 4 rings (SSSR count). The molecule has 0 unspecified atom stereocenters. The fourth-order valence-electron chi connectivity index (χ4n) is 2.93. The van der Waals surface area contributed by atoms with Crippen molar-refractivity contribution in [1.82, 2.24) is 19.9 Å². The number of nitrogens with one attached hydrogen (secondary N) is 1. The molecule has 4 aromatic rings. The number of benzene rings is 1. The van der Waals surface area contributed by atoms with Crippen LogP contribution in [0.25, 0.3) is 22.1 Å². The number of hydrogen-bond donors (Lipinski definition) is 1. The van der Waals surface area contributed by atoms with Gasteiger partial charge in [0.15, 0.2) is 16.7 Å². The number of carbonyl (C=O) groups is 1. The summed E-state index contributed by atoms with van der Waals surface area (Å²) in [5, 5.41) is 3.39. The molecule has 0 radical (unpaired) electrons. The van der Waals surface area contributed by atoms with Gasteiger partial charge in [-0.25, -0.2) is 4.98 Å². The highest BCUT2D eigenvalue weighted by molar-refractivity contribution is 5.82. The maximum Gasteiger partial charge on any atom is 0.240 e. The standard InChI is InChI=1S/C19H16N4O3/c1-12-9-15(24)13-5-2-3-6-14(13)23(12)11-17(25)21-10-18-22-19-16(26-18)7-4-8-20-19/h2-9H,10-11H2,1H3,(H,21,25).